The first kappa shape index (κ1) is 15.0. The molecule has 5 nitrogen and oxygen atoms in total. The maximum Gasteiger partial charge on any atom is 0.306 e. The summed E-state index contributed by atoms with van der Waals surface area (Å²) >= 11 is 0. The highest BCUT2D eigenvalue weighted by Gasteiger charge is 2.34. The monoisotopic (exact) mass is 298 g/mol. The highest BCUT2D eigenvalue weighted by atomic mass is 32.2. The summed E-state index contributed by atoms with van der Waals surface area (Å²) in [5.41, 5.74) is 0.964. The van der Waals surface area contributed by atoms with Gasteiger partial charge < -0.3 is 5.11 Å². The van der Waals surface area contributed by atoms with Crippen LogP contribution in [0.25, 0.3) is 0 Å². The number of hydrogen-bond donors (Lipinski definition) is 1. The van der Waals surface area contributed by atoms with Crippen LogP contribution in [-0.4, -0.2) is 26.1 Å². The third-order valence-corrected chi connectivity index (χ3v) is 5.02. The molecule has 2 rings (SSSR count). The molecular weight excluding hydrogens is 280 g/mol. The fourth-order valence-corrected chi connectivity index (χ4v) is 3.47. The van der Waals surface area contributed by atoms with Gasteiger partial charge in [0.2, 0.25) is 0 Å². The zero-order valence-electron chi connectivity index (χ0n) is 11.3. The Morgan fingerprint density at radius 1 is 1.30 bits per heavy atom. The van der Waals surface area contributed by atoms with E-state index in [-0.39, 0.29) is 17.4 Å². The summed E-state index contributed by atoms with van der Waals surface area (Å²) in [6.07, 6.45) is 2.09. The maximum absolute atomic E-state index is 12.0. The smallest absolute Gasteiger partial charge is 0.306 e. The van der Waals surface area contributed by atoms with E-state index in [1.807, 2.05) is 6.92 Å². The number of carbonyl (C=O) groups is 1. The van der Waals surface area contributed by atoms with Gasteiger partial charge in [0.05, 0.1) is 17.4 Å². The standard InChI is InChI=1S/C14H18O5S/c1-10-5-7-12(8-6-10)20(17,18)19-9-11-3-2-4-13(11)14(15)16/h5-8,11,13H,2-4,9H2,1H3,(H,15,16)/t11-,13?/m0/s1. The number of aryl methyl sites for hydroxylation is 1. The van der Waals surface area contributed by atoms with Gasteiger partial charge in [0.25, 0.3) is 10.1 Å². The van der Waals surface area contributed by atoms with E-state index in [2.05, 4.69) is 0 Å². The quantitative estimate of drug-likeness (QED) is 0.843. The summed E-state index contributed by atoms with van der Waals surface area (Å²) in [7, 11) is -3.81. The Morgan fingerprint density at radius 3 is 2.55 bits per heavy atom. The summed E-state index contributed by atoms with van der Waals surface area (Å²) in [4.78, 5) is 11.1. The van der Waals surface area contributed by atoms with E-state index < -0.39 is 22.0 Å². The molecule has 20 heavy (non-hydrogen) atoms. The predicted octanol–water partition coefficient (Wildman–Crippen LogP) is 2.20. The molecule has 0 saturated heterocycles. The summed E-state index contributed by atoms with van der Waals surface area (Å²) in [5.74, 6) is -1.60. The minimum Gasteiger partial charge on any atom is -0.481 e. The first-order valence-corrected chi connectivity index (χ1v) is 8.00. The maximum atomic E-state index is 12.0. The fraction of sp³-hybridized carbons (Fsp3) is 0.500. The lowest BCUT2D eigenvalue weighted by molar-refractivity contribution is -0.143. The van der Waals surface area contributed by atoms with Gasteiger partial charge in [0.1, 0.15) is 0 Å². The van der Waals surface area contributed by atoms with Crippen molar-refractivity contribution < 1.29 is 22.5 Å². The fourth-order valence-electron chi connectivity index (χ4n) is 2.51. The second kappa shape index (κ2) is 5.93. The molecule has 1 unspecified atom stereocenters. The van der Waals surface area contributed by atoms with Gasteiger partial charge in [-0.3, -0.25) is 8.98 Å². The van der Waals surface area contributed by atoms with Crippen molar-refractivity contribution in [3.63, 3.8) is 0 Å². The molecular formula is C14H18O5S. The summed E-state index contributed by atoms with van der Waals surface area (Å²) in [6.45, 7) is 1.81. The van der Waals surface area contributed by atoms with E-state index in [9.17, 15) is 13.2 Å². The van der Waals surface area contributed by atoms with Crippen LogP contribution >= 0.6 is 0 Å². The number of carboxylic acids is 1. The van der Waals surface area contributed by atoms with Crippen molar-refractivity contribution in [1.29, 1.82) is 0 Å². The van der Waals surface area contributed by atoms with E-state index in [0.717, 1.165) is 12.0 Å². The molecule has 1 saturated carbocycles. The van der Waals surface area contributed by atoms with Crippen molar-refractivity contribution in [2.24, 2.45) is 11.8 Å². The molecule has 0 spiro atoms. The molecule has 110 valence electrons. The van der Waals surface area contributed by atoms with Crippen LogP contribution in [0.4, 0.5) is 0 Å². The predicted molar refractivity (Wildman–Crippen MR) is 72.8 cm³/mol. The van der Waals surface area contributed by atoms with Crippen molar-refractivity contribution in [2.75, 3.05) is 6.61 Å². The third-order valence-electron chi connectivity index (χ3n) is 3.72. The van der Waals surface area contributed by atoms with Crippen molar-refractivity contribution in [2.45, 2.75) is 31.1 Å². The molecule has 1 aromatic carbocycles. The van der Waals surface area contributed by atoms with Gasteiger partial charge in [0, 0.05) is 0 Å². The van der Waals surface area contributed by atoms with Gasteiger partial charge in [-0.05, 0) is 37.8 Å². The Bertz CT molecular complexity index is 576. The molecule has 0 aromatic heterocycles. The van der Waals surface area contributed by atoms with Crippen LogP contribution in [0.15, 0.2) is 29.2 Å². The highest BCUT2D eigenvalue weighted by Crippen LogP contribution is 2.32. The summed E-state index contributed by atoms with van der Waals surface area (Å²) < 4.78 is 29.0. The molecule has 1 aliphatic rings. The minimum absolute atomic E-state index is 0.0623. The van der Waals surface area contributed by atoms with Crippen LogP contribution < -0.4 is 0 Å². The van der Waals surface area contributed by atoms with E-state index in [1.54, 1.807) is 12.1 Å². The molecule has 0 bridgehead atoms. The number of aliphatic carboxylic acids is 1. The normalized spacial score (nSPS) is 22.9. The van der Waals surface area contributed by atoms with E-state index in [0.29, 0.717) is 12.8 Å². The molecule has 0 amide bonds. The molecule has 6 heteroatoms. The van der Waals surface area contributed by atoms with Crippen LogP contribution in [-0.2, 0) is 19.1 Å². The van der Waals surface area contributed by atoms with Gasteiger partial charge in [-0.2, -0.15) is 8.42 Å². The number of rotatable bonds is 5. The van der Waals surface area contributed by atoms with Crippen molar-refractivity contribution in [3.05, 3.63) is 29.8 Å². The molecule has 0 aliphatic heterocycles. The Balaban J connectivity index is 2.02. The Morgan fingerprint density at radius 2 is 1.95 bits per heavy atom. The van der Waals surface area contributed by atoms with Crippen LogP contribution in [0.2, 0.25) is 0 Å². The summed E-state index contributed by atoms with van der Waals surface area (Å²) in [6, 6.07) is 6.39. The van der Waals surface area contributed by atoms with Crippen LogP contribution in [0, 0.1) is 18.8 Å². The molecule has 0 heterocycles. The van der Waals surface area contributed by atoms with Crippen molar-refractivity contribution >= 4 is 16.1 Å². The van der Waals surface area contributed by atoms with Gasteiger partial charge in [-0.15, -0.1) is 0 Å². The summed E-state index contributed by atoms with van der Waals surface area (Å²) in [5, 5.41) is 9.06. The Labute approximate surface area is 118 Å². The van der Waals surface area contributed by atoms with E-state index in [1.165, 1.54) is 12.1 Å². The zero-order valence-corrected chi connectivity index (χ0v) is 12.1. The first-order chi connectivity index (χ1) is 9.40. The molecule has 1 N–H and O–H groups in total. The molecule has 1 aromatic rings. The average Bonchev–Trinajstić information content (AvgIpc) is 2.85. The molecule has 1 aliphatic carbocycles. The molecule has 0 radical (unpaired) electrons. The SMILES string of the molecule is Cc1ccc(S(=O)(=O)OC[C@@H]2CCCC2C(=O)O)cc1. The minimum atomic E-state index is -3.81. The lowest BCUT2D eigenvalue weighted by Gasteiger charge is -2.15. The second-order valence-electron chi connectivity index (χ2n) is 5.19. The van der Waals surface area contributed by atoms with Gasteiger partial charge in [-0.25, -0.2) is 0 Å². The van der Waals surface area contributed by atoms with Crippen molar-refractivity contribution in [3.8, 4) is 0 Å². The number of benzene rings is 1. The van der Waals surface area contributed by atoms with Crippen LogP contribution in [0.5, 0.6) is 0 Å². The van der Waals surface area contributed by atoms with Crippen molar-refractivity contribution in [1.82, 2.24) is 0 Å². The van der Waals surface area contributed by atoms with Gasteiger partial charge >= 0.3 is 5.97 Å². The zero-order chi connectivity index (χ0) is 14.8. The second-order valence-corrected chi connectivity index (χ2v) is 6.80. The lowest BCUT2D eigenvalue weighted by Crippen LogP contribution is -2.23. The Hall–Kier alpha value is -1.40. The van der Waals surface area contributed by atoms with Crippen LogP contribution in [0.3, 0.4) is 0 Å². The highest BCUT2D eigenvalue weighted by molar-refractivity contribution is 7.86. The number of hydrogen-bond acceptors (Lipinski definition) is 4. The molecule has 2 atom stereocenters. The van der Waals surface area contributed by atoms with Crippen LogP contribution in [0.1, 0.15) is 24.8 Å². The average molecular weight is 298 g/mol. The largest absolute Gasteiger partial charge is 0.481 e. The Kier molecular flexibility index (Phi) is 4.45. The molecule has 1 fully saturated rings. The van der Waals surface area contributed by atoms with Gasteiger partial charge in [0.15, 0.2) is 0 Å². The van der Waals surface area contributed by atoms with Gasteiger partial charge in [-0.1, -0.05) is 24.1 Å². The van der Waals surface area contributed by atoms with E-state index in [4.69, 9.17) is 9.29 Å². The topological polar surface area (TPSA) is 80.7 Å². The van der Waals surface area contributed by atoms with E-state index >= 15 is 0 Å². The third kappa shape index (κ3) is 3.37. The lowest BCUT2D eigenvalue weighted by atomic mass is 9.97. The number of carboxylic acid groups (broad SMARTS) is 1. The first-order valence-electron chi connectivity index (χ1n) is 6.59.